The van der Waals surface area contributed by atoms with Crippen LogP contribution in [-0.2, 0) is 38.7 Å². The number of nitrogens with zero attached hydrogens (tertiary/aromatic N) is 2. The molecule has 0 radical (unpaired) electrons. The second-order valence-corrected chi connectivity index (χ2v) is 23.7. The van der Waals surface area contributed by atoms with Crippen molar-refractivity contribution in [2.24, 2.45) is 9.98 Å². The first-order chi connectivity index (χ1) is 39.4. The smallest absolute Gasteiger partial charge is 0.830 e. The van der Waals surface area contributed by atoms with Gasteiger partial charge in [0.25, 0.3) is 0 Å². The van der Waals surface area contributed by atoms with Gasteiger partial charge >= 0.3 is 72.7 Å². The molecule has 0 bridgehead atoms. The van der Waals surface area contributed by atoms with Crippen LogP contribution < -0.4 is 15.3 Å². The quantitative estimate of drug-likeness (QED) is 0.108. The maximum absolute atomic E-state index is 11.6. The van der Waals surface area contributed by atoms with Crippen LogP contribution in [-0.4, -0.2) is 95.0 Å². The fourth-order valence-corrected chi connectivity index (χ4v) is 7.29. The predicted octanol–water partition coefficient (Wildman–Crippen LogP) is 16.6. The molecular formula is C56H56F27MnN2O5. The molecule has 0 aliphatic rings. The maximum Gasteiger partial charge on any atom is 3.00 e. The molecule has 0 amide bonds. The van der Waals surface area contributed by atoms with Crippen LogP contribution in [0.2, 0.25) is 0 Å². The van der Waals surface area contributed by atoms with Gasteiger partial charge in [-0.05, 0) is 56.0 Å². The number of hydrogen-bond donors (Lipinski definition) is 2. The summed E-state index contributed by atoms with van der Waals surface area (Å²) in [7, 11) is 0. The Kier molecular flexibility index (Phi) is 26.4. The number of alkyl halides is 27. The summed E-state index contributed by atoms with van der Waals surface area (Å²) in [6.07, 6.45) is -59.2. The van der Waals surface area contributed by atoms with E-state index in [1.54, 1.807) is 0 Å². The first kappa shape index (κ1) is 85.3. The molecule has 4 aromatic carbocycles. The summed E-state index contributed by atoms with van der Waals surface area (Å²) in [6.45, 7) is 25.9. The van der Waals surface area contributed by atoms with Gasteiger partial charge in [0.05, 0.1) is 0 Å². The van der Waals surface area contributed by atoms with E-state index in [0.29, 0.717) is 11.1 Å². The van der Waals surface area contributed by atoms with E-state index in [4.69, 9.17) is 9.98 Å². The van der Waals surface area contributed by atoms with Crippen molar-refractivity contribution in [3.05, 3.63) is 129 Å². The number of halogens is 27. The van der Waals surface area contributed by atoms with E-state index in [1.807, 2.05) is 48.8 Å². The van der Waals surface area contributed by atoms with Crippen LogP contribution in [0.3, 0.4) is 0 Å². The molecule has 4 aromatic rings. The molecule has 2 atom stereocenters. The SMILES string of the molecule is CC(C)(C)c1cc(C=NC(c2ccccc2)C(N=Cc2cc(C(C)(C)C)cc(C(C)(C)C)c2O)c2ccccc2)c(O)c(C(C)(C)C)c1.[Mn+3].[O-]C(C(F)(F)F)(C(F)(F)F)C(F)(F)F.[O-]C(C(F)(F)F)(C(F)(F)F)C(F)(F)F.[O-]C(C(F)(F)F)(C(F)(F)F)C(F)(F)F. The third-order valence-electron chi connectivity index (χ3n) is 12.5. The minimum Gasteiger partial charge on any atom is -0.830 e. The van der Waals surface area contributed by atoms with Crippen LogP contribution >= 0.6 is 0 Å². The molecule has 0 saturated heterocycles. The first-order valence-corrected chi connectivity index (χ1v) is 25.1. The van der Waals surface area contributed by atoms with Gasteiger partial charge in [0.2, 0.25) is 0 Å². The fraction of sp³-hybridized carbons (Fsp3) is 0.536. The molecule has 7 nitrogen and oxygen atoms in total. The van der Waals surface area contributed by atoms with Crippen molar-refractivity contribution >= 4 is 12.4 Å². The zero-order chi connectivity index (χ0) is 71.7. The van der Waals surface area contributed by atoms with Crippen molar-refractivity contribution in [1.82, 2.24) is 0 Å². The van der Waals surface area contributed by atoms with E-state index in [2.05, 4.69) is 132 Å². The second-order valence-electron chi connectivity index (χ2n) is 23.7. The van der Waals surface area contributed by atoms with Crippen LogP contribution in [0.1, 0.15) is 140 Å². The van der Waals surface area contributed by atoms with Gasteiger partial charge in [-0.2, -0.15) is 119 Å². The van der Waals surface area contributed by atoms with Gasteiger partial charge in [-0.25, -0.2) is 0 Å². The molecule has 0 spiro atoms. The predicted molar refractivity (Wildman–Crippen MR) is 267 cm³/mol. The summed E-state index contributed by atoms with van der Waals surface area (Å²) in [4.78, 5) is 10.5. The zero-order valence-electron chi connectivity index (χ0n) is 49.0. The van der Waals surface area contributed by atoms with Gasteiger partial charge in [0, 0.05) is 34.7 Å². The van der Waals surface area contributed by atoms with Crippen molar-refractivity contribution in [1.29, 1.82) is 0 Å². The fourth-order valence-electron chi connectivity index (χ4n) is 7.29. The summed E-state index contributed by atoms with van der Waals surface area (Å²) >= 11 is 0. The molecule has 0 saturated carbocycles. The minimum atomic E-state index is -6.98. The summed E-state index contributed by atoms with van der Waals surface area (Å²) in [6, 6.07) is 28.0. The van der Waals surface area contributed by atoms with Gasteiger partial charge < -0.3 is 25.5 Å². The first-order valence-electron chi connectivity index (χ1n) is 25.1. The average molecular weight is 1400 g/mol. The summed E-state index contributed by atoms with van der Waals surface area (Å²) in [5.41, 5.74) is -14.1. The van der Waals surface area contributed by atoms with Gasteiger partial charge in [-0.1, -0.05) is 156 Å². The summed E-state index contributed by atoms with van der Waals surface area (Å²) in [5.74, 6) is 0.508. The molecule has 4 rings (SSSR count). The number of aliphatic imine (C=N–C) groups is 2. The average Bonchev–Trinajstić information content (AvgIpc) is 0.760. The van der Waals surface area contributed by atoms with E-state index in [1.165, 1.54) is 0 Å². The standard InChI is InChI=1S/C44H56N2O2.3C4F9O.Mn/c1-41(2,3)33-23-31(39(47)35(25-33)43(7,8)9)27-45-37(29-19-15-13-16-20-29)38(30-21-17-14-18-22-30)46-28-32-24-34(42(4,5)6)26-36(40(32)48)44(10,11)12;3*5-2(6,7)1(14,3(8,9)10)4(11,12)13;/h13-28,37-38,47-48H,1-12H3;;;;/q;3*-1;+3. The number of phenolic OH excluding ortho intramolecular Hbond substituents is 2. The third-order valence-corrected chi connectivity index (χ3v) is 12.5. The van der Waals surface area contributed by atoms with Crippen molar-refractivity contribution in [3.8, 4) is 11.5 Å². The topological polar surface area (TPSA) is 134 Å². The molecule has 0 fully saturated rings. The Morgan fingerprint density at radius 1 is 0.319 bits per heavy atom. The Bertz CT molecular complexity index is 2680. The minimum absolute atomic E-state index is 0. The molecule has 0 heterocycles. The van der Waals surface area contributed by atoms with Gasteiger partial charge in [-0.15, -0.1) is 0 Å². The van der Waals surface area contributed by atoms with Crippen molar-refractivity contribution < 1.29 is 161 Å². The van der Waals surface area contributed by atoms with Crippen LogP contribution in [0.25, 0.3) is 0 Å². The molecular weight excluding hydrogens is 1350 g/mol. The molecule has 0 aliphatic carbocycles. The van der Waals surface area contributed by atoms with E-state index < -0.39 is 84.5 Å². The van der Waals surface area contributed by atoms with Gasteiger partial charge in [-0.3, -0.25) is 9.98 Å². The van der Waals surface area contributed by atoms with Crippen LogP contribution in [0.4, 0.5) is 119 Å². The molecule has 91 heavy (non-hydrogen) atoms. The molecule has 516 valence electrons. The maximum atomic E-state index is 11.6. The molecule has 35 heteroatoms. The Hall–Kier alpha value is -5.67. The van der Waals surface area contributed by atoms with Crippen LogP contribution in [0, 0.1) is 0 Å². The summed E-state index contributed by atoms with van der Waals surface area (Å²) < 4.78 is 306. The number of hydrogen-bond acceptors (Lipinski definition) is 7. The zero-order valence-corrected chi connectivity index (χ0v) is 50.2. The van der Waals surface area contributed by atoms with E-state index >= 15 is 0 Å². The van der Waals surface area contributed by atoms with E-state index in [-0.39, 0.29) is 50.2 Å². The van der Waals surface area contributed by atoms with Crippen LogP contribution in [0.5, 0.6) is 11.5 Å². The molecule has 2 unspecified atom stereocenters. The Balaban J connectivity index is 0.00000152. The number of rotatable bonds is 7. The summed E-state index contributed by atoms with van der Waals surface area (Å²) in [5, 5.41) is 52.5. The monoisotopic (exact) mass is 1400 g/mol. The third kappa shape index (κ3) is 19.9. The van der Waals surface area contributed by atoms with E-state index in [9.17, 15) is 144 Å². The Labute approximate surface area is 512 Å². The Morgan fingerprint density at radius 3 is 0.648 bits per heavy atom. The number of benzene rings is 4. The molecule has 0 aliphatic heterocycles. The van der Waals surface area contributed by atoms with Gasteiger partial charge in [0.15, 0.2) is 16.8 Å². The van der Waals surface area contributed by atoms with Crippen molar-refractivity contribution in [2.75, 3.05) is 0 Å². The number of phenols is 2. The molecule has 2 N–H and O–H groups in total. The largest absolute Gasteiger partial charge is 3.00 e. The molecule has 0 aromatic heterocycles. The van der Waals surface area contributed by atoms with Crippen molar-refractivity contribution in [3.63, 3.8) is 0 Å². The van der Waals surface area contributed by atoms with Gasteiger partial charge in [0.1, 0.15) is 23.6 Å². The van der Waals surface area contributed by atoms with E-state index in [0.717, 1.165) is 33.4 Å². The number of aromatic hydroxyl groups is 2. The van der Waals surface area contributed by atoms with Crippen molar-refractivity contribution in [2.45, 2.75) is 189 Å². The second kappa shape index (κ2) is 28.1. The van der Waals surface area contributed by atoms with Crippen LogP contribution in [0.15, 0.2) is 94.9 Å². The Morgan fingerprint density at radius 2 is 0.505 bits per heavy atom. The normalized spacial score (nSPS) is 15.0.